The smallest absolute Gasteiger partial charge is 0.320 e. The van der Waals surface area contributed by atoms with Crippen molar-refractivity contribution in [2.24, 2.45) is 0 Å². The minimum Gasteiger partial charge on any atom is -0.353 e. The third-order valence-corrected chi connectivity index (χ3v) is 9.07. The topological polar surface area (TPSA) is 81.7 Å². The van der Waals surface area contributed by atoms with E-state index in [2.05, 4.69) is 33.4 Å². The number of aromatic nitrogens is 2. The zero-order valence-corrected chi connectivity index (χ0v) is 22.4. The van der Waals surface area contributed by atoms with Crippen molar-refractivity contribution in [2.75, 3.05) is 44.2 Å². The standard InChI is InChI=1S/C29H34N6O2S/c36-27(31-24-9-5-7-21-6-1-2-8-23(21)24)25-20-38-28(32-25)22-11-14-34(15-12-22)29(37)35-18-16-33(17-19-35)26-10-3-4-13-30-26/h1-4,6,8,10,13,20,22,24H,5,7,9,11-12,14-19H2,(H,31,36). The molecule has 1 aliphatic carbocycles. The number of urea groups is 1. The molecule has 2 aliphatic heterocycles. The molecule has 0 radical (unpaired) electrons. The summed E-state index contributed by atoms with van der Waals surface area (Å²) in [5.74, 6) is 1.18. The number of nitrogens with zero attached hydrogens (tertiary/aromatic N) is 5. The van der Waals surface area contributed by atoms with Crippen LogP contribution in [-0.4, -0.2) is 71.0 Å². The molecular weight excluding hydrogens is 496 g/mol. The normalized spacial score (nSPS) is 20.2. The summed E-state index contributed by atoms with van der Waals surface area (Å²) in [7, 11) is 0. The van der Waals surface area contributed by atoms with Crippen LogP contribution in [0.3, 0.4) is 0 Å². The minimum atomic E-state index is -0.0911. The van der Waals surface area contributed by atoms with Crippen molar-refractivity contribution >= 4 is 29.1 Å². The number of carbonyl (C=O) groups is 2. The summed E-state index contributed by atoms with van der Waals surface area (Å²) < 4.78 is 0. The number of nitrogens with one attached hydrogen (secondary N) is 1. The third-order valence-electron chi connectivity index (χ3n) is 8.07. The summed E-state index contributed by atoms with van der Waals surface area (Å²) >= 11 is 1.57. The maximum atomic E-state index is 13.2. The molecule has 0 saturated carbocycles. The SMILES string of the molecule is O=C(NC1CCCc2ccccc21)c1csc(C2CCN(C(=O)N3CCN(c4ccccn4)CC3)CC2)n1. The Balaban J connectivity index is 0.997. The lowest BCUT2D eigenvalue weighted by atomic mass is 9.88. The largest absolute Gasteiger partial charge is 0.353 e. The number of carbonyl (C=O) groups excluding carboxylic acids is 2. The van der Waals surface area contributed by atoms with E-state index >= 15 is 0 Å². The number of anilines is 1. The molecule has 3 aromatic rings. The van der Waals surface area contributed by atoms with Gasteiger partial charge in [0.2, 0.25) is 0 Å². The average molecular weight is 531 g/mol. The van der Waals surface area contributed by atoms with E-state index in [1.165, 1.54) is 11.1 Å². The molecule has 3 aliphatic rings. The molecule has 2 aromatic heterocycles. The summed E-state index contributed by atoms with van der Waals surface area (Å²) in [4.78, 5) is 41.5. The van der Waals surface area contributed by atoms with E-state index in [0.717, 1.165) is 69.1 Å². The number of rotatable bonds is 4. The Morgan fingerprint density at radius 3 is 2.45 bits per heavy atom. The number of fused-ring (bicyclic) bond motifs is 1. The number of aryl methyl sites for hydroxylation is 1. The van der Waals surface area contributed by atoms with Gasteiger partial charge in [0.1, 0.15) is 11.5 Å². The Bertz CT molecular complexity index is 1260. The molecular formula is C29H34N6O2S. The Labute approximate surface area is 227 Å². The van der Waals surface area contributed by atoms with Gasteiger partial charge in [-0.2, -0.15) is 0 Å². The molecule has 2 saturated heterocycles. The molecule has 1 atom stereocenters. The van der Waals surface area contributed by atoms with E-state index in [9.17, 15) is 9.59 Å². The van der Waals surface area contributed by atoms with Crippen LogP contribution in [0.5, 0.6) is 0 Å². The first kappa shape index (κ1) is 24.9. The molecule has 1 aromatic carbocycles. The van der Waals surface area contributed by atoms with Gasteiger partial charge < -0.3 is 20.0 Å². The molecule has 0 bridgehead atoms. The van der Waals surface area contributed by atoms with Gasteiger partial charge in [-0.3, -0.25) is 4.79 Å². The Hall–Kier alpha value is -3.46. The van der Waals surface area contributed by atoms with Crippen molar-refractivity contribution in [3.8, 4) is 0 Å². The van der Waals surface area contributed by atoms with Crippen molar-refractivity contribution < 1.29 is 9.59 Å². The van der Waals surface area contributed by atoms with Crippen LogP contribution in [0.2, 0.25) is 0 Å². The fourth-order valence-electron chi connectivity index (χ4n) is 5.90. The molecule has 8 nitrogen and oxygen atoms in total. The minimum absolute atomic E-state index is 0.0534. The number of amides is 3. The van der Waals surface area contributed by atoms with Crippen LogP contribution in [0.25, 0.3) is 0 Å². The fourth-order valence-corrected chi connectivity index (χ4v) is 6.87. The van der Waals surface area contributed by atoms with Gasteiger partial charge in [0.15, 0.2) is 0 Å². The predicted molar refractivity (Wildman–Crippen MR) is 149 cm³/mol. The maximum absolute atomic E-state index is 13.2. The summed E-state index contributed by atoms with van der Waals surface area (Å²) in [5.41, 5.74) is 3.08. The van der Waals surface area contributed by atoms with Gasteiger partial charge in [-0.05, 0) is 55.4 Å². The van der Waals surface area contributed by atoms with E-state index < -0.39 is 0 Å². The van der Waals surface area contributed by atoms with Gasteiger partial charge >= 0.3 is 6.03 Å². The number of piperidine rings is 1. The van der Waals surface area contributed by atoms with E-state index in [-0.39, 0.29) is 18.0 Å². The van der Waals surface area contributed by atoms with Crippen molar-refractivity contribution in [3.63, 3.8) is 0 Å². The van der Waals surface area contributed by atoms with Crippen LogP contribution in [0.4, 0.5) is 10.6 Å². The van der Waals surface area contributed by atoms with Gasteiger partial charge in [-0.1, -0.05) is 30.3 Å². The zero-order valence-electron chi connectivity index (χ0n) is 21.6. The van der Waals surface area contributed by atoms with Crippen molar-refractivity contribution in [1.82, 2.24) is 25.1 Å². The van der Waals surface area contributed by atoms with E-state index in [1.807, 2.05) is 45.6 Å². The van der Waals surface area contributed by atoms with Crippen molar-refractivity contribution in [2.45, 2.75) is 44.1 Å². The summed E-state index contributed by atoms with van der Waals surface area (Å²) in [5, 5.41) is 6.12. The quantitative estimate of drug-likeness (QED) is 0.538. The van der Waals surface area contributed by atoms with Gasteiger partial charge in [-0.25, -0.2) is 14.8 Å². The molecule has 6 rings (SSSR count). The Morgan fingerprint density at radius 1 is 0.895 bits per heavy atom. The molecule has 9 heteroatoms. The highest BCUT2D eigenvalue weighted by Crippen LogP contribution is 2.32. The number of likely N-dealkylation sites (tertiary alicyclic amines) is 1. The van der Waals surface area contributed by atoms with Crippen LogP contribution in [0.1, 0.15) is 64.3 Å². The second-order valence-corrected chi connectivity index (χ2v) is 11.3. The monoisotopic (exact) mass is 530 g/mol. The molecule has 1 unspecified atom stereocenters. The molecule has 0 spiro atoms. The maximum Gasteiger partial charge on any atom is 0.320 e. The van der Waals surface area contributed by atoms with Crippen LogP contribution < -0.4 is 10.2 Å². The average Bonchev–Trinajstić information content (AvgIpc) is 3.48. The molecule has 2 fully saturated rings. The predicted octanol–water partition coefficient (Wildman–Crippen LogP) is 4.47. The molecule has 1 N–H and O–H groups in total. The van der Waals surface area contributed by atoms with Crippen molar-refractivity contribution in [1.29, 1.82) is 0 Å². The highest BCUT2D eigenvalue weighted by Gasteiger charge is 2.31. The second-order valence-electron chi connectivity index (χ2n) is 10.4. The van der Waals surface area contributed by atoms with Crippen LogP contribution in [0.15, 0.2) is 54.0 Å². The van der Waals surface area contributed by atoms with Gasteiger partial charge in [0.25, 0.3) is 5.91 Å². The van der Waals surface area contributed by atoms with E-state index in [0.29, 0.717) is 24.7 Å². The van der Waals surface area contributed by atoms with E-state index in [4.69, 9.17) is 4.98 Å². The number of pyridine rings is 1. The van der Waals surface area contributed by atoms with Crippen molar-refractivity contribution in [3.05, 3.63) is 75.9 Å². The number of benzene rings is 1. The number of piperazine rings is 1. The number of hydrogen-bond acceptors (Lipinski definition) is 6. The van der Waals surface area contributed by atoms with Crippen LogP contribution in [-0.2, 0) is 6.42 Å². The first-order valence-electron chi connectivity index (χ1n) is 13.7. The van der Waals surface area contributed by atoms with E-state index in [1.54, 1.807) is 11.3 Å². The fraction of sp³-hybridized carbons (Fsp3) is 0.448. The van der Waals surface area contributed by atoms with Crippen LogP contribution in [0, 0.1) is 0 Å². The lowest BCUT2D eigenvalue weighted by molar-refractivity contribution is 0.0928. The number of hydrogen-bond donors (Lipinski definition) is 1. The first-order chi connectivity index (χ1) is 18.7. The molecule has 3 amide bonds. The highest BCUT2D eigenvalue weighted by atomic mass is 32.1. The van der Waals surface area contributed by atoms with Gasteiger partial charge in [0, 0.05) is 56.8 Å². The number of thiazole rings is 1. The van der Waals surface area contributed by atoms with Crippen LogP contribution >= 0.6 is 11.3 Å². The molecule has 4 heterocycles. The molecule has 38 heavy (non-hydrogen) atoms. The Morgan fingerprint density at radius 2 is 1.66 bits per heavy atom. The lowest BCUT2D eigenvalue weighted by Crippen LogP contribution is -2.54. The second kappa shape index (κ2) is 11.1. The zero-order chi connectivity index (χ0) is 25.9. The highest BCUT2D eigenvalue weighted by molar-refractivity contribution is 7.09. The van der Waals surface area contributed by atoms with Gasteiger partial charge in [-0.15, -0.1) is 11.3 Å². The Kier molecular flexibility index (Phi) is 7.27. The summed E-state index contributed by atoms with van der Waals surface area (Å²) in [6.07, 6.45) is 6.69. The molecule has 198 valence electrons. The lowest BCUT2D eigenvalue weighted by Gasteiger charge is -2.39. The van der Waals surface area contributed by atoms with Gasteiger partial charge in [0.05, 0.1) is 11.0 Å². The summed E-state index contributed by atoms with van der Waals surface area (Å²) in [6, 6.07) is 14.5. The third kappa shape index (κ3) is 5.25. The first-order valence-corrected chi connectivity index (χ1v) is 14.6. The summed E-state index contributed by atoms with van der Waals surface area (Å²) in [6.45, 7) is 4.48.